The predicted octanol–water partition coefficient (Wildman–Crippen LogP) is 1.86. The highest BCUT2D eigenvalue weighted by Gasteiger charge is 2.26. The van der Waals surface area contributed by atoms with Crippen molar-refractivity contribution in [1.29, 1.82) is 0 Å². The second-order valence-corrected chi connectivity index (χ2v) is 7.16. The molecule has 2 rings (SSSR count). The van der Waals surface area contributed by atoms with Crippen molar-refractivity contribution in [3.8, 4) is 5.75 Å². The summed E-state index contributed by atoms with van der Waals surface area (Å²) in [6, 6.07) is 10.5. The molecule has 2 aromatic carbocycles. The molecule has 0 aromatic heterocycles. The van der Waals surface area contributed by atoms with Gasteiger partial charge in [0.1, 0.15) is 5.75 Å². The Morgan fingerprint density at radius 3 is 2.33 bits per heavy atom. The first kappa shape index (κ1) is 15.8. The fraction of sp³-hybridized carbons (Fsp3) is 0.333. The summed E-state index contributed by atoms with van der Waals surface area (Å²) in [4.78, 5) is 0.223. The van der Waals surface area contributed by atoms with Crippen LogP contribution in [0.25, 0.3) is 10.8 Å². The Kier molecular flexibility index (Phi) is 4.22. The summed E-state index contributed by atoms with van der Waals surface area (Å²) in [5.74, 6) is 0.641. The number of nitrogens with one attached hydrogen (secondary N) is 1. The van der Waals surface area contributed by atoms with Crippen molar-refractivity contribution >= 4 is 20.8 Å². The number of fused-ring (bicyclic) bond motifs is 1. The molecule has 0 aliphatic rings. The maximum absolute atomic E-state index is 12.6. The maximum Gasteiger partial charge on any atom is 0.241 e. The van der Waals surface area contributed by atoms with Crippen LogP contribution < -0.4 is 15.2 Å². The molecule has 0 saturated heterocycles. The highest BCUT2D eigenvalue weighted by molar-refractivity contribution is 7.89. The van der Waals surface area contributed by atoms with Crippen molar-refractivity contribution in [2.75, 3.05) is 13.7 Å². The Morgan fingerprint density at radius 1 is 1.14 bits per heavy atom. The highest BCUT2D eigenvalue weighted by atomic mass is 32.2. The summed E-state index contributed by atoms with van der Waals surface area (Å²) in [6.07, 6.45) is 0. The van der Waals surface area contributed by atoms with Crippen LogP contribution in [-0.2, 0) is 10.0 Å². The Bertz CT molecular complexity index is 755. The molecule has 21 heavy (non-hydrogen) atoms. The predicted molar refractivity (Wildman–Crippen MR) is 84.0 cm³/mol. The van der Waals surface area contributed by atoms with Crippen molar-refractivity contribution in [3.05, 3.63) is 36.4 Å². The van der Waals surface area contributed by atoms with Gasteiger partial charge in [0.2, 0.25) is 10.0 Å². The van der Waals surface area contributed by atoms with E-state index in [4.69, 9.17) is 10.5 Å². The van der Waals surface area contributed by atoms with Gasteiger partial charge in [-0.1, -0.05) is 24.3 Å². The third-order valence-electron chi connectivity index (χ3n) is 3.27. The van der Waals surface area contributed by atoms with Crippen molar-refractivity contribution in [3.63, 3.8) is 0 Å². The third-order valence-corrected chi connectivity index (χ3v) is 5.03. The molecule has 0 amide bonds. The summed E-state index contributed by atoms with van der Waals surface area (Å²) in [7, 11) is -2.11. The summed E-state index contributed by atoms with van der Waals surface area (Å²) in [5, 5.41) is 1.38. The first-order valence-corrected chi connectivity index (χ1v) is 8.09. The van der Waals surface area contributed by atoms with Gasteiger partial charge in [0.15, 0.2) is 0 Å². The number of benzene rings is 2. The van der Waals surface area contributed by atoms with Gasteiger partial charge in [-0.3, -0.25) is 0 Å². The normalized spacial score (nSPS) is 12.6. The third kappa shape index (κ3) is 3.18. The largest absolute Gasteiger partial charge is 0.496 e. The van der Waals surface area contributed by atoms with Crippen LogP contribution in [0.3, 0.4) is 0 Å². The van der Waals surface area contributed by atoms with Gasteiger partial charge in [-0.05, 0) is 26.0 Å². The van der Waals surface area contributed by atoms with E-state index in [1.165, 1.54) is 0 Å². The molecule has 0 radical (unpaired) electrons. The van der Waals surface area contributed by atoms with E-state index in [-0.39, 0.29) is 11.4 Å². The van der Waals surface area contributed by atoms with Gasteiger partial charge in [0, 0.05) is 22.9 Å². The van der Waals surface area contributed by atoms with E-state index in [9.17, 15) is 8.42 Å². The van der Waals surface area contributed by atoms with Gasteiger partial charge in [-0.25, -0.2) is 13.1 Å². The molecular weight excluding hydrogens is 288 g/mol. The lowest BCUT2D eigenvalue weighted by Crippen LogP contribution is -2.48. The number of methoxy groups -OCH3 is 1. The van der Waals surface area contributed by atoms with Crippen molar-refractivity contribution in [2.45, 2.75) is 24.3 Å². The van der Waals surface area contributed by atoms with E-state index < -0.39 is 15.6 Å². The molecule has 0 atom stereocenters. The van der Waals surface area contributed by atoms with Crippen molar-refractivity contribution in [1.82, 2.24) is 4.72 Å². The molecule has 5 nitrogen and oxygen atoms in total. The van der Waals surface area contributed by atoms with Gasteiger partial charge >= 0.3 is 0 Å². The fourth-order valence-electron chi connectivity index (χ4n) is 2.12. The molecular formula is C15H20N2O3S. The molecule has 0 fully saturated rings. The van der Waals surface area contributed by atoms with Gasteiger partial charge in [0.05, 0.1) is 12.0 Å². The number of sulfonamides is 1. The number of nitrogens with two attached hydrogens (primary N) is 1. The van der Waals surface area contributed by atoms with E-state index in [0.717, 1.165) is 5.39 Å². The van der Waals surface area contributed by atoms with Crippen molar-refractivity contribution < 1.29 is 13.2 Å². The Morgan fingerprint density at radius 2 is 1.76 bits per heavy atom. The SMILES string of the molecule is COc1ccc(S(=O)(=O)NC(C)(C)CN)c2ccccc12. The smallest absolute Gasteiger partial charge is 0.241 e. The van der Waals surface area contributed by atoms with E-state index in [1.54, 1.807) is 45.2 Å². The van der Waals surface area contributed by atoms with E-state index in [0.29, 0.717) is 11.1 Å². The molecule has 0 heterocycles. The van der Waals surface area contributed by atoms with E-state index in [2.05, 4.69) is 4.72 Å². The zero-order valence-corrected chi connectivity index (χ0v) is 13.2. The summed E-state index contributed by atoms with van der Waals surface area (Å²) in [5.41, 5.74) is 4.89. The van der Waals surface area contributed by atoms with Crippen LogP contribution >= 0.6 is 0 Å². The Balaban J connectivity index is 2.62. The standard InChI is InChI=1S/C15H20N2O3S/c1-15(2,10-16)17-21(18,19)14-9-8-13(20-3)11-6-4-5-7-12(11)14/h4-9,17H,10,16H2,1-3H3. The van der Waals surface area contributed by atoms with Crippen LogP contribution in [0.1, 0.15) is 13.8 Å². The molecule has 3 N–H and O–H groups in total. The molecule has 0 bridgehead atoms. The van der Waals surface area contributed by atoms with Crippen LogP contribution in [0.5, 0.6) is 5.75 Å². The minimum absolute atomic E-state index is 0.209. The molecule has 2 aromatic rings. The van der Waals surface area contributed by atoms with Gasteiger partial charge in [0.25, 0.3) is 0 Å². The molecule has 0 saturated carbocycles. The summed E-state index contributed by atoms with van der Waals surface area (Å²) >= 11 is 0. The van der Waals surface area contributed by atoms with Gasteiger partial charge in [-0.2, -0.15) is 0 Å². The minimum atomic E-state index is -3.67. The second-order valence-electron chi connectivity index (χ2n) is 5.51. The molecule has 0 unspecified atom stereocenters. The quantitative estimate of drug-likeness (QED) is 0.883. The van der Waals surface area contributed by atoms with E-state index in [1.807, 2.05) is 12.1 Å². The topological polar surface area (TPSA) is 81.4 Å². The van der Waals surface area contributed by atoms with Crippen LogP contribution in [-0.4, -0.2) is 27.6 Å². The fourth-order valence-corrected chi connectivity index (χ4v) is 3.75. The number of hydrogen-bond donors (Lipinski definition) is 2. The average molecular weight is 308 g/mol. The van der Waals surface area contributed by atoms with Crippen LogP contribution in [0.15, 0.2) is 41.3 Å². The zero-order valence-electron chi connectivity index (χ0n) is 12.4. The van der Waals surface area contributed by atoms with Crippen LogP contribution in [0.4, 0.5) is 0 Å². The van der Waals surface area contributed by atoms with Crippen molar-refractivity contribution in [2.24, 2.45) is 5.73 Å². The molecule has 114 valence electrons. The molecule has 0 spiro atoms. The monoisotopic (exact) mass is 308 g/mol. The lowest BCUT2D eigenvalue weighted by molar-refractivity contribution is 0.419. The van der Waals surface area contributed by atoms with Gasteiger partial charge < -0.3 is 10.5 Å². The second kappa shape index (κ2) is 5.63. The van der Waals surface area contributed by atoms with Crippen LogP contribution in [0, 0.1) is 0 Å². The number of rotatable bonds is 5. The average Bonchev–Trinajstić information content (AvgIpc) is 2.45. The minimum Gasteiger partial charge on any atom is -0.496 e. The molecule has 0 aliphatic heterocycles. The maximum atomic E-state index is 12.6. The summed E-state index contributed by atoms with van der Waals surface area (Å²) < 4.78 is 33.1. The molecule has 6 heteroatoms. The zero-order chi connectivity index (χ0) is 15.7. The van der Waals surface area contributed by atoms with Crippen LogP contribution in [0.2, 0.25) is 0 Å². The van der Waals surface area contributed by atoms with E-state index >= 15 is 0 Å². The first-order valence-electron chi connectivity index (χ1n) is 6.60. The Hall–Kier alpha value is -1.63. The first-order chi connectivity index (χ1) is 9.80. The lowest BCUT2D eigenvalue weighted by Gasteiger charge is -2.24. The lowest BCUT2D eigenvalue weighted by atomic mass is 10.1. The molecule has 0 aliphatic carbocycles. The number of hydrogen-bond acceptors (Lipinski definition) is 4. The summed E-state index contributed by atoms with van der Waals surface area (Å²) in [6.45, 7) is 3.70. The highest BCUT2D eigenvalue weighted by Crippen LogP contribution is 2.31. The Labute approximate surface area is 125 Å². The number of ether oxygens (including phenoxy) is 1. The van der Waals surface area contributed by atoms with Gasteiger partial charge in [-0.15, -0.1) is 0 Å².